The van der Waals surface area contributed by atoms with Crippen molar-refractivity contribution in [1.82, 2.24) is 14.9 Å². The van der Waals surface area contributed by atoms with Crippen molar-refractivity contribution in [1.29, 1.82) is 0 Å². The normalized spacial score (nSPS) is 20.3. The second-order valence-corrected chi connectivity index (χ2v) is 9.16. The second-order valence-electron chi connectivity index (χ2n) is 7.39. The van der Waals surface area contributed by atoms with E-state index in [0.29, 0.717) is 17.9 Å². The van der Waals surface area contributed by atoms with Crippen LogP contribution in [0.25, 0.3) is 0 Å². The maximum atomic E-state index is 12.5. The summed E-state index contributed by atoms with van der Waals surface area (Å²) in [5, 5.41) is 2.91. The van der Waals surface area contributed by atoms with E-state index in [1.54, 1.807) is 12.1 Å². The molecule has 1 fully saturated rings. The molecule has 0 radical (unpaired) electrons. The number of benzene rings is 1. The fraction of sp³-hybridized carbons (Fsp3) is 0.632. The SMILES string of the molecule is CC(=O)NC1Cc2ccc(S(=O)(=O)NCCCCN3CCCC3)cc2C1. The van der Waals surface area contributed by atoms with Gasteiger partial charge in [0.05, 0.1) is 4.90 Å². The molecule has 1 aromatic rings. The molecular formula is C19H29N3O3S. The lowest BCUT2D eigenvalue weighted by molar-refractivity contribution is -0.119. The van der Waals surface area contributed by atoms with Crippen LogP contribution in [0.5, 0.6) is 0 Å². The second kappa shape index (κ2) is 8.50. The summed E-state index contributed by atoms with van der Waals surface area (Å²) in [5.74, 6) is -0.0498. The van der Waals surface area contributed by atoms with Crippen molar-refractivity contribution >= 4 is 15.9 Å². The van der Waals surface area contributed by atoms with Crippen molar-refractivity contribution in [3.8, 4) is 0 Å². The van der Waals surface area contributed by atoms with Gasteiger partial charge >= 0.3 is 0 Å². The lowest BCUT2D eigenvalue weighted by Crippen LogP contribution is -2.33. The standard InChI is InChI=1S/C19H29N3O3S/c1-15(23)21-18-12-16-6-7-19(14-17(16)13-18)26(24,25)20-8-2-3-9-22-10-4-5-11-22/h6-7,14,18,20H,2-5,8-13H2,1H3,(H,21,23). The van der Waals surface area contributed by atoms with Gasteiger partial charge in [-0.05, 0) is 81.4 Å². The van der Waals surface area contributed by atoms with Gasteiger partial charge in [-0.25, -0.2) is 13.1 Å². The summed E-state index contributed by atoms with van der Waals surface area (Å²) in [6.07, 6.45) is 5.89. The molecule has 2 aliphatic rings. The number of unbranched alkanes of at least 4 members (excludes halogenated alkanes) is 1. The van der Waals surface area contributed by atoms with Crippen LogP contribution in [-0.2, 0) is 27.7 Å². The first-order valence-electron chi connectivity index (χ1n) is 9.55. The minimum Gasteiger partial charge on any atom is -0.353 e. The average molecular weight is 380 g/mol. The highest BCUT2D eigenvalue weighted by Crippen LogP contribution is 2.25. The number of fused-ring (bicyclic) bond motifs is 1. The number of carbonyl (C=O) groups is 1. The van der Waals surface area contributed by atoms with Crippen molar-refractivity contribution in [3.05, 3.63) is 29.3 Å². The molecule has 1 aromatic carbocycles. The van der Waals surface area contributed by atoms with Crippen molar-refractivity contribution in [2.75, 3.05) is 26.2 Å². The minimum atomic E-state index is -3.47. The fourth-order valence-corrected chi connectivity index (χ4v) is 5.03. The lowest BCUT2D eigenvalue weighted by Gasteiger charge is -2.14. The van der Waals surface area contributed by atoms with Gasteiger partial charge < -0.3 is 10.2 Å². The van der Waals surface area contributed by atoms with Gasteiger partial charge in [0.15, 0.2) is 0 Å². The van der Waals surface area contributed by atoms with E-state index in [9.17, 15) is 13.2 Å². The molecule has 3 rings (SSSR count). The monoisotopic (exact) mass is 379 g/mol. The zero-order valence-corrected chi connectivity index (χ0v) is 16.3. The maximum Gasteiger partial charge on any atom is 0.240 e. The van der Waals surface area contributed by atoms with E-state index >= 15 is 0 Å². The van der Waals surface area contributed by atoms with E-state index in [0.717, 1.165) is 36.9 Å². The van der Waals surface area contributed by atoms with Gasteiger partial charge in [-0.1, -0.05) is 6.07 Å². The number of likely N-dealkylation sites (tertiary alicyclic amines) is 1. The average Bonchev–Trinajstić information content (AvgIpc) is 3.21. The highest BCUT2D eigenvalue weighted by Gasteiger charge is 2.24. The van der Waals surface area contributed by atoms with Gasteiger partial charge in [0.2, 0.25) is 15.9 Å². The van der Waals surface area contributed by atoms with Crippen molar-refractivity contribution < 1.29 is 13.2 Å². The highest BCUT2D eigenvalue weighted by molar-refractivity contribution is 7.89. The van der Waals surface area contributed by atoms with E-state index in [2.05, 4.69) is 14.9 Å². The maximum absolute atomic E-state index is 12.5. The largest absolute Gasteiger partial charge is 0.353 e. The summed E-state index contributed by atoms with van der Waals surface area (Å²) in [4.78, 5) is 14.0. The Hall–Kier alpha value is -1.44. The van der Waals surface area contributed by atoms with Crippen LogP contribution in [0.15, 0.2) is 23.1 Å². The van der Waals surface area contributed by atoms with Gasteiger partial charge in [-0.3, -0.25) is 4.79 Å². The summed E-state index contributed by atoms with van der Waals surface area (Å²) < 4.78 is 27.8. The highest BCUT2D eigenvalue weighted by atomic mass is 32.2. The fourth-order valence-electron chi connectivity index (χ4n) is 3.91. The van der Waals surface area contributed by atoms with Crippen LogP contribution in [0, 0.1) is 0 Å². The quantitative estimate of drug-likeness (QED) is 0.670. The summed E-state index contributed by atoms with van der Waals surface area (Å²) in [7, 11) is -3.47. The summed E-state index contributed by atoms with van der Waals surface area (Å²) >= 11 is 0. The molecule has 0 spiro atoms. The zero-order valence-electron chi connectivity index (χ0n) is 15.5. The Morgan fingerprint density at radius 1 is 1.15 bits per heavy atom. The van der Waals surface area contributed by atoms with Crippen LogP contribution in [0.1, 0.15) is 43.7 Å². The number of hydrogen-bond donors (Lipinski definition) is 2. The molecule has 7 heteroatoms. The Morgan fingerprint density at radius 3 is 2.62 bits per heavy atom. The van der Waals surface area contributed by atoms with Crippen LogP contribution >= 0.6 is 0 Å². The zero-order chi connectivity index (χ0) is 18.6. The summed E-state index contributed by atoms with van der Waals surface area (Å²) in [5.41, 5.74) is 2.13. The smallest absolute Gasteiger partial charge is 0.240 e. The first-order chi connectivity index (χ1) is 12.4. The van der Waals surface area contributed by atoms with Gasteiger partial charge in [-0.15, -0.1) is 0 Å². The topological polar surface area (TPSA) is 78.5 Å². The van der Waals surface area contributed by atoms with E-state index in [-0.39, 0.29) is 11.9 Å². The van der Waals surface area contributed by atoms with E-state index in [1.807, 2.05) is 6.07 Å². The van der Waals surface area contributed by atoms with Gasteiger partial charge in [-0.2, -0.15) is 0 Å². The third-order valence-electron chi connectivity index (χ3n) is 5.22. The predicted molar refractivity (Wildman–Crippen MR) is 102 cm³/mol. The molecule has 1 heterocycles. The molecule has 0 saturated carbocycles. The molecule has 1 atom stereocenters. The number of nitrogens with zero attached hydrogens (tertiary/aromatic N) is 1. The Kier molecular flexibility index (Phi) is 6.32. The summed E-state index contributed by atoms with van der Waals surface area (Å²) in [6, 6.07) is 5.36. The van der Waals surface area contributed by atoms with Crippen LogP contribution in [0.4, 0.5) is 0 Å². The van der Waals surface area contributed by atoms with Gasteiger partial charge in [0, 0.05) is 19.5 Å². The third kappa shape index (κ3) is 5.05. The van der Waals surface area contributed by atoms with Crippen LogP contribution in [-0.4, -0.2) is 51.4 Å². The number of rotatable bonds is 8. The van der Waals surface area contributed by atoms with Crippen LogP contribution in [0.3, 0.4) is 0 Å². The van der Waals surface area contributed by atoms with E-state index in [4.69, 9.17) is 0 Å². The van der Waals surface area contributed by atoms with Crippen LogP contribution < -0.4 is 10.0 Å². The lowest BCUT2D eigenvalue weighted by atomic mass is 10.1. The Balaban J connectivity index is 1.49. The molecule has 1 amide bonds. The number of nitrogens with one attached hydrogen (secondary N) is 2. The van der Waals surface area contributed by atoms with E-state index in [1.165, 1.54) is 32.9 Å². The molecule has 6 nitrogen and oxygen atoms in total. The Bertz CT molecular complexity index is 742. The molecule has 1 unspecified atom stereocenters. The van der Waals surface area contributed by atoms with Crippen LogP contribution in [0.2, 0.25) is 0 Å². The Morgan fingerprint density at radius 2 is 1.88 bits per heavy atom. The number of sulfonamides is 1. The minimum absolute atomic E-state index is 0.0498. The molecule has 0 aromatic heterocycles. The van der Waals surface area contributed by atoms with Gasteiger partial charge in [0.1, 0.15) is 0 Å². The molecule has 1 saturated heterocycles. The number of amides is 1. The van der Waals surface area contributed by atoms with Crippen molar-refractivity contribution in [2.45, 2.75) is 56.4 Å². The van der Waals surface area contributed by atoms with Crippen molar-refractivity contribution in [3.63, 3.8) is 0 Å². The number of carbonyl (C=O) groups excluding carboxylic acids is 1. The first-order valence-corrected chi connectivity index (χ1v) is 11.0. The molecule has 144 valence electrons. The Labute approximate surface area is 156 Å². The predicted octanol–water partition coefficient (Wildman–Crippen LogP) is 1.44. The summed E-state index contributed by atoms with van der Waals surface area (Å²) in [6.45, 7) is 5.40. The van der Waals surface area contributed by atoms with Crippen molar-refractivity contribution in [2.24, 2.45) is 0 Å². The number of hydrogen-bond acceptors (Lipinski definition) is 4. The molecule has 2 N–H and O–H groups in total. The molecular weight excluding hydrogens is 350 g/mol. The molecule has 1 aliphatic carbocycles. The molecule has 1 aliphatic heterocycles. The van der Waals surface area contributed by atoms with Gasteiger partial charge in [0.25, 0.3) is 0 Å². The molecule has 0 bridgehead atoms. The first kappa shape index (κ1) is 19.3. The van der Waals surface area contributed by atoms with E-state index < -0.39 is 10.0 Å². The third-order valence-corrected chi connectivity index (χ3v) is 6.68. The molecule has 26 heavy (non-hydrogen) atoms.